The summed E-state index contributed by atoms with van der Waals surface area (Å²) in [5.74, 6) is 1.23. The molecule has 5 nitrogen and oxygen atoms in total. The van der Waals surface area contributed by atoms with Crippen LogP contribution >= 0.6 is 0 Å². The third-order valence-corrected chi connectivity index (χ3v) is 2.62. The highest BCUT2D eigenvalue weighted by molar-refractivity contribution is 5.31. The van der Waals surface area contributed by atoms with Crippen LogP contribution in [0, 0.1) is 6.92 Å². The van der Waals surface area contributed by atoms with Crippen LogP contribution in [0.1, 0.15) is 31.1 Å². The standard InChI is InChI=1S/C13H18N4O/c1-9(2)17-8-12(7-15-17)18-13-11(6-14)5-4-10(3)16-13/h4-5,7-9H,6,14H2,1-3H3. The zero-order chi connectivity index (χ0) is 13.1. The van der Waals surface area contributed by atoms with Gasteiger partial charge in [-0.15, -0.1) is 0 Å². The third kappa shape index (κ3) is 2.68. The second-order valence-corrected chi connectivity index (χ2v) is 4.47. The van der Waals surface area contributed by atoms with Gasteiger partial charge in [0.05, 0.1) is 12.4 Å². The minimum atomic E-state index is 0.307. The highest BCUT2D eigenvalue weighted by Crippen LogP contribution is 2.23. The fraction of sp³-hybridized carbons (Fsp3) is 0.385. The molecule has 0 saturated carbocycles. The summed E-state index contributed by atoms with van der Waals surface area (Å²) in [5.41, 5.74) is 7.46. The van der Waals surface area contributed by atoms with Crippen LogP contribution in [-0.4, -0.2) is 14.8 Å². The maximum Gasteiger partial charge on any atom is 0.224 e. The Morgan fingerprint density at radius 1 is 1.39 bits per heavy atom. The summed E-state index contributed by atoms with van der Waals surface area (Å²) in [6.45, 7) is 6.45. The first-order chi connectivity index (χ1) is 8.60. The van der Waals surface area contributed by atoms with Gasteiger partial charge in [-0.25, -0.2) is 4.98 Å². The summed E-state index contributed by atoms with van der Waals surface area (Å²) in [6, 6.07) is 4.17. The maximum absolute atomic E-state index is 5.74. The zero-order valence-corrected chi connectivity index (χ0v) is 10.9. The first-order valence-electron chi connectivity index (χ1n) is 5.98. The molecule has 0 aliphatic heterocycles. The van der Waals surface area contributed by atoms with Crippen LogP contribution in [0.2, 0.25) is 0 Å². The second kappa shape index (κ2) is 5.18. The molecule has 0 aliphatic rings. The molecule has 0 fully saturated rings. The van der Waals surface area contributed by atoms with Crippen LogP contribution in [0.5, 0.6) is 11.6 Å². The number of ether oxygens (including phenoxy) is 1. The molecule has 0 amide bonds. The van der Waals surface area contributed by atoms with E-state index in [0.717, 1.165) is 11.3 Å². The number of pyridine rings is 1. The van der Waals surface area contributed by atoms with Crippen molar-refractivity contribution in [3.63, 3.8) is 0 Å². The van der Waals surface area contributed by atoms with Crippen LogP contribution < -0.4 is 10.5 Å². The predicted molar refractivity (Wildman–Crippen MR) is 69.6 cm³/mol. The van der Waals surface area contributed by atoms with E-state index in [1.54, 1.807) is 6.20 Å². The molecule has 2 rings (SSSR count). The molecule has 2 heterocycles. The highest BCUT2D eigenvalue weighted by atomic mass is 16.5. The highest BCUT2D eigenvalue weighted by Gasteiger charge is 2.08. The number of nitrogens with zero attached hydrogens (tertiary/aromatic N) is 3. The molecule has 0 saturated heterocycles. The van der Waals surface area contributed by atoms with Crippen molar-refractivity contribution < 1.29 is 4.74 Å². The molecule has 0 spiro atoms. The summed E-state index contributed by atoms with van der Waals surface area (Å²) < 4.78 is 7.58. The van der Waals surface area contributed by atoms with Gasteiger partial charge in [-0.1, -0.05) is 6.07 Å². The van der Waals surface area contributed by atoms with Crippen molar-refractivity contribution in [3.05, 3.63) is 35.8 Å². The molecule has 2 N–H and O–H groups in total. The second-order valence-electron chi connectivity index (χ2n) is 4.47. The normalized spacial score (nSPS) is 10.9. The lowest BCUT2D eigenvalue weighted by Crippen LogP contribution is -2.02. The van der Waals surface area contributed by atoms with Gasteiger partial charge in [-0.3, -0.25) is 4.68 Å². The molecule has 0 atom stereocenters. The SMILES string of the molecule is Cc1ccc(CN)c(Oc2cnn(C(C)C)c2)n1. The Balaban J connectivity index is 2.24. The summed E-state index contributed by atoms with van der Waals surface area (Å²) >= 11 is 0. The Morgan fingerprint density at radius 3 is 2.78 bits per heavy atom. The van der Waals surface area contributed by atoms with Gasteiger partial charge < -0.3 is 10.5 Å². The minimum absolute atomic E-state index is 0.307. The quantitative estimate of drug-likeness (QED) is 0.899. The molecule has 96 valence electrons. The van der Waals surface area contributed by atoms with E-state index in [9.17, 15) is 0 Å². The van der Waals surface area contributed by atoms with Gasteiger partial charge in [0.15, 0.2) is 5.75 Å². The smallest absolute Gasteiger partial charge is 0.224 e. The number of aryl methyl sites for hydroxylation is 1. The Labute approximate surface area is 107 Å². The van der Waals surface area contributed by atoms with Crippen molar-refractivity contribution in [1.29, 1.82) is 0 Å². The number of aromatic nitrogens is 3. The van der Waals surface area contributed by atoms with Gasteiger partial charge in [0.2, 0.25) is 5.88 Å². The van der Waals surface area contributed by atoms with E-state index in [2.05, 4.69) is 23.9 Å². The molecule has 0 aliphatic carbocycles. The molecule has 2 aromatic rings. The minimum Gasteiger partial charge on any atom is -0.435 e. The van der Waals surface area contributed by atoms with Crippen LogP contribution in [0.15, 0.2) is 24.5 Å². The first-order valence-corrected chi connectivity index (χ1v) is 5.98. The summed E-state index contributed by atoms with van der Waals surface area (Å²) in [5, 5.41) is 4.22. The average Bonchev–Trinajstić information content (AvgIpc) is 2.78. The van der Waals surface area contributed by atoms with E-state index in [1.807, 2.05) is 29.9 Å². The summed E-state index contributed by atoms with van der Waals surface area (Å²) in [4.78, 5) is 4.35. The lowest BCUT2D eigenvalue weighted by atomic mass is 10.2. The van der Waals surface area contributed by atoms with Crippen molar-refractivity contribution in [2.45, 2.75) is 33.4 Å². The lowest BCUT2D eigenvalue weighted by molar-refractivity contribution is 0.451. The number of hydrogen-bond donors (Lipinski definition) is 1. The van der Waals surface area contributed by atoms with Gasteiger partial charge in [-0.2, -0.15) is 5.10 Å². The zero-order valence-electron chi connectivity index (χ0n) is 10.9. The largest absolute Gasteiger partial charge is 0.435 e. The molecular formula is C13H18N4O. The molecule has 2 aromatic heterocycles. The van der Waals surface area contributed by atoms with E-state index < -0.39 is 0 Å². The van der Waals surface area contributed by atoms with Crippen LogP contribution in [0.3, 0.4) is 0 Å². The number of rotatable bonds is 4. The first kappa shape index (κ1) is 12.6. The Kier molecular flexibility index (Phi) is 3.62. The molecule has 0 unspecified atom stereocenters. The van der Waals surface area contributed by atoms with Gasteiger partial charge in [0.25, 0.3) is 0 Å². The van der Waals surface area contributed by atoms with Crippen molar-refractivity contribution in [3.8, 4) is 11.6 Å². The molecule has 0 bridgehead atoms. The Hall–Kier alpha value is -1.88. The van der Waals surface area contributed by atoms with Gasteiger partial charge in [0, 0.05) is 23.8 Å². The van der Waals surface area contributed by atoms with E-state index in [0.29, 0.717) is 24.2 Å². The maximum atomic E-state index is 5.74. The van der Waals surface area contributed by atoms with Crippen LogP contribution in [0.4, 0.5) is 0 Å². The monoisotopic (exact) mass is 246 g/mol. The van der Waals surface area contributed by atoms with Gasteiger partial charge in [0.1, 0.15) is 0 Å². The van der Waals surface area contributed by atoms with Crippen molar-refractivity contribution in [2.24, 2.45) is 5.73 Å². The number of hydrogen-bond acceptors (Lipinski definition) is 4. The number of nitrogens with two attached hydrogens (primary N) is 1. The Morgan fingerprint density at radius 2 is 2.17 bits per heavy atom. The fourth-order valence-corrected chi connectivity index (χ4v) is 1.57. The molecule has 0 radical (unpaired) electrons. The van der Waals surface area contributed by atoms with Crippen molar-refractivity contribution in [1.82, 2.24) is 14.8 Å². The van der Waals surface area contributed by atoms with Crippen LogP contribution in [0.25, 0.3) is 0 Å². The molecule has 0 aromatic carbocycles. The van der Waals surface area contributed by atoms with Crippen molar-refractivity contribution in [2.75, 3.05) is 0 Å². The Bertz CT molecular complexity index is 534. The molecule has 18 heavy (non-hydrogen) atoms. The topological polar surface area (TPSA) is 66.0 Å². The van der Waals surface area contributed by atoms with E-state index in [4.69, 9.17) is 10.5 Å². The fourth-order valence-electron chi connectivity index (χ4n) is 1.57. The average molecular weight is 246 g/mol. The van der Waals surface area contributed by atoms with E-state index in [1.165, 1.54) is 0 Å². The van der Waals surface area contributed by atoms with Gasteiger partial charge in [-0.05, 0) is 26.8 Å². The van der Waals surface area contributed by atoms with Crippen LogP contribution in [-0.2, 0) is 6.54 Å². The van der Waals surface area contributed by atoms with E-state index >= 15 is 0 Å². The van der Waals surface area contributed by atoms with E-state index in [-0.39, 0.29) is 0 Å². The van der Waals surface area contributed by atoms with Gasteiger partial charge >= 0.3 is 0 Å². The molecule has 5 heteroatoms. The lowest BCUT2D eigenvalue weighted by Gasteiger charge is -2.08. The summed E-state index contributed by atoms with van der Waals surface area (Å²) in [7, 11) is 0. The molecular weight excluding hydrogens is 228 g/mol. The van der Waals surface area contributed by atoms with Crippen molar-refractivity contribution >= 4 is 0 Å². The summed E-state index contributed by atoms with van der Waals surface area (Å²) in [6.07, 6.45) is 3.54. The predicted octanol–water partition coefficient (Wildman–Crippen LogP) is 2.42. The third-order valence-electron chi connectivity index (χ3n) is 2.62.